The number of hydrogen-bond donors (Lipinski definition) is 0. The van der Waals surface area contributed by atoms with Gasteiger partial charge in [-0.25, -0.2) is 48.7 Å². The van der Waals surface area contributed by atoms with Crippen LogP contribution in [0, 0.1) is 39.3 Å². The fourth-order valence-corrected chi connectivity index (χ4v) is 20.6. The molecule has 4 amide bonds. The van der Waals surface area contributed by atoms with Gasteiger partial charge in [0.1, 0.15) is 34.9 Å². The molecule has 127 heavy (non-hydrogen) atoms. The second-order valence-corrected chi connectivity index (χ2v) is 35.0. The molecule has 8 atom stereocenters. The Morgan fingerprint density at radius 1 is 0.370 bits per heavy atom. The highest BCUT2D eigenvalue weighted by Crippen LogP contribution is 2.51. The van der Waals surface area contributed by atoms with E-state index in [4.69, 9.17) is 77.9 Å². The number of amides is 4. The van der Waals surface area contributed by atoms with Gasteiger partial charge in [-0.2, -0.15) is 46.7 Å². The highest BCUT2D eigenvalue weighted by Gasteiger charge is 2.50. The van der Waals surface area contributed by atoms with Gasteiger partial charge >= 0.3 is 12.4 Å². The minimum Gasteiger partial charge on any atom is -0.327 e. The molecular weight excluding hydrogens is 1760 g/mol. The van der Waals surface area contributed by atoms with Crippen LogP contribution in [0.25, 0.3) is 45.0 Å². The largest absolute Gasteiger partial charge is 0.434 e. The number of halogens is 13. The Morgan fingerprint density at radius 2 is 0.693 bits per heavy atom. The van der Waals surface area contributed by atoms with Crippen molar-refractivity contribution in [3.05, 3.63) is 249 Å². The Bertz CT molecular complexity index is 6200. The van der Waals surface area contributed by atoms with Crippen LogP contribution in [0.15, 0.2) is 110 Å². The number of nitrogens with zero attached hydrogens (tertiary/aromatic N) is 21. The Morgan fingerprint density at radius 3 is 1.02 bits per heavy atom. The van der Waals surface area contributed by atoms with Crippen LogP contribution in [0.4, 0.5) is 35.1 Å². The van der Waals surface area contributed by atoms with Gasteiger partial charge in [0.2, 0.25) is 0 Å². The van der Waals surface area contributed by atoms with Gasteiger partial charge in [0.05, 0.1) is 147 Å². The number of aryl methyl sites for hydroxylation is 8. The molecule has 3 aromatic carbocycles. The molecule has 0 spiro atoms. The van der Waals surface area contributed by atoms with Crippen LogP contribution in [0.3, 0.4) is 0 Å². The average Bonchev–Trinajstić information content (AvgIpc) is 1.28. The van der Waals surface area contributed by atoms with Gasteiger partial charge < -0.3 is 19.6 Å². The normalized spacial score (nSPS) is 20.0. The van der Waals surface area contributed by atoms with Crippen LogP contribution in [-0.4, -0.2) is 151 Å². The van der Waals surface area contributed by atoms with Gasteiger partial charge in [0, 0.05) is 128 Å². The molecule has 8 aliphatic heterocycles. The number of aromatic nitrogens is 17. The van der Waals surface area contributed by atoms with Crippen LogP contribution < -0.4 is 0 Å². The van der Waals surface area contributed by atoms with Crippen LogP contribution in [-0.2, 0) is 66.2 Å². The third kappa shape index (κ3) is 16.7. The highest BCUT2D eigenvalue weighted by atomic mass is 35.5. The zero-order valence-corrected chi connectivity index (χ0v) is 73.5. The zero-order chi connectivity index (χ0) is 89.8. The first kappa shape index (κ1) is 87.8. The molecule has 38 heteroatoms. The molecule has 25 nitrogen and oxygen atoms in total. The third-order valence-electron chi connectivity index (χ3n) is 24.8. The molecule has 0 N–H and O–H groups in total. The zero-order valence-electron chi connectivity index (χ0n) is 69.8. The molecule has 17 heterocycles. The van der Waals surface area contributed by atoms with E-state index in [1.165, 1.54) is 23.1 Å². The molecule has 12 aromatic rings. The molecule has 0 unspecified atom stereocenters. The lowest BCUT2D eigenvalue weighted by molar-refractivity contribution is -0.141. The first-order chi connectivity index (χ1) is 60.6. The van der Waals surface area contributed by atoms with Crippen molar-refractivity contribution in [3.63, 3.8) is 0 Å². The molecule has 4 saturated heterocycles. The van der Waals surface area contributed by atoms with Gasteiger partial charge in [0.25, 0.3) is 23.6 Å². The van der Waals surface area contributed by atoms with Crippen molar-refractivity contribution in [3.8, 4) is 45.0 Å². The molecule has 8 bridgehead atoms. The minimum atomic E-state index is -4.88. The summed E-state index contributed by atoms with van der Waals surface area (Å²) in [6.45, 7) is 7.30. The number of hydrogen-bond acceptors (Lipinski definition) is 17. The monoisotopic (exact) mass is 1840 g/mol. The molecule has 20 rings (SSSR count). The molecule has 658 valence electrons. The van der Waals surface area contributed by atoms with Crippen molar-refractivity contribution >= 4 is 81.6 Å². The van der Waals surface area contributed by atoms with Crippen LogP contribution in [0.2, 0.25) is 25.1 Å². The molecule has 8 aliphatic rings. The molecule has 0 saturated carbocycles. The van der Waals surface area contributed by atoms with E-state index in [0.29, 0.717) is 89.2 Å². The number of carbonyl (C=O) groups is 4. The molecule has 9 aromatic heterocycles. The number of carbonyl (C=O) groups excluding carboxylic acids is 4. The van der Waals surface area contributed by atoms with Crippen molar-refractivity contribution in [1.82, 2.24) is 104 Å². The third-order valence-corrected chi connectivity index (χ3v) is 26.9. The van der Waals surface area contributed by atoms with Gasteiger partial charge in [0.15, 0.2) is 5.69 Å². The summed E-state index contributed by atoms with van der Waals surface area (Å²) in [6, 6.07) is 10.4. The quantitative estimate of drug-likeness (QED) is 0.101. The Hall–Kier alpha value is -11.3. The summed E-state index contributed by atoms with van der Waals surface area (Å²) in [4.78, 5) is 102. The van der Waals surface area contributed by atoms with Gasteiger partial charge in [-0.1, -0.05) is 70.1 Å². The fourth-order valence-electron chi connectivity index (χ4n) is 19.5. The number of benzene rings is 3. The maximum atomic E-state index is 14.8. The van der Waals surface area contributed by atoms with Crippen LogP contribution in [0.1, 0.15) is 222 Å². The molecule has 0 radical (unpaired) electrons. The highest BCUT2D eigenvalue weighted by molar-refractivity contribution is 6.44. The van der Waals surface area contributed by atoms with Gasteiger partial charge in [-0.15, -0.1) is 0 Å². The van der Waals surface area contributed by atoms with Crippen molar-refractivity contribution in [2.24, 2.45) is 28.2 Å². The van der Waals surface area contributed by atoms with Crippen LogP contribution in [0.5, 0.6) is 0 Å². The summed E-state index contributed by atoms with van der Waals surface area (Å²) in [7, 11) is 7.40. The van der Waals surface area contributed by atoms with E-state index in [0.717, 1.165) is 167 Å². The standard InChI is InChI=1S/C23H21F4N5O.C22H20Cl2FN5O.C22H21Cl2N5O.C22H20ClF3N6O/c1-12-29-20(13-10-28-31(2)11-13)16-9-14-5-3-8-18(21(16)30-12)32(14)22(33)15-6-4-7-17(19(15)24)23(25,26)27;1-11-27-20(12-9-26-29(2)10-12)15-8-13-4-3-5-17(21(15)28-11)30(13)22(31)14-6-7-16(25)19(24)18(14)23;1-12-26-20(13-10-25-28(2)11-13)16-9-14-5-3-8-18(21(16)27-12)29(14)22(30)15-6-4-7-17(23)19(15)24;1-11-29-18(12-9-28-31(2)10-12)15-8-13-4-3-5-16(19(15)30-11)32(13)21(33)14-6-7-27-20(17(14)23)22(24,25)26/h4,6-7,10-11,14,18H,3,5,8-9H2,1-2H3;6-7,9-10,13,17H,3-5,8H2,1-2H3;4,6-7,10-11,14,18H,3,5,8-9H2,1-2H3;6-7,9-10,13,16H,3-5,8H2,1-2H3/t14-,18+;13-,17+;14-,18+;13-,16+/m0000/s1. The van der Waals surface area contributed by atoms with E-state index in [2.05, 4.69) is 45.3 Å². The van der Waals surface area contributed by atoms with Crippen molar-refractivity contribution in [1.29, 1.82) is 0 Å². The number of pyridine rings is 1. The van der Waals surface area contributed by atoms with Crippen molar-refractivity contribution in [2.75, 3.05) is 0 Å². The number of alkyl halides is 6. The Labute approximate surface area is 748 Å². The summed E-state index contributed by atoms with van der Waals surface area (Å²) < 4.78 is 115. The first-order valence-electron chi connectivity index (χ1n) is 41.5. The summed E-state index contributed by atoms with van der Waals surface area (Å²) in [5.74, 6) is -1.34. The van der Waals surface area contributed by atoms with E-state index in [9.17, 15) is 54.3 Å². The molecular formula is C89H82Cl5F8N21O4. The van der Waals surface area contributed by atoms with Crippen molar-refractivity contribution in [2.45, 2.75) is 191 Å². The predicted molar refractivity (Wildman–Crippen MR) is 455 cm³/mol. The van der Waals surface area contributed by atoms with E-state index < -0.39 is 63.7 Å². The van der Waals surface area contributed by atoms with Crippen LogP contribution >= 0.6 is 58.0 Å². The summed E-state index contributed by atoms with van der Waals surface area (Å²) in [5.41, 5.74) is 11.5. The van der Waals surface area contributed by atoms with E-state index >= 15 is 0 Å². The second-order valence-electron chi connectivity index (χ2n) is 33.1. The molecule has 4 fully saturated rings. The number of rotatable bonds is 8. The second kappa shape index (κ2) is 34.7. The van der Waals surface area contributed by atoms with Gasteiger partial charge in [-0.3, -0.25) is 42.9 Å². The fraction of sp³-hybridized carbons (Fsp3) is 0.382. The smallest absolute Gasteiger partial charge is 0.327 e. The maximum absolute atomic E-state index is 14.8. The molecule has 0 aliphatic carbocycles. The van der Waals surface area contributed by atoms with E-state index in [-0.39, 0.29) is 75.3 Å². The van der Waals surface area contributed by atoms with E-state index in [1.54, 1.807) is 74.3 Å². The summed E-state index contributed by atoms with van der Waals surface area (Å²) >= 11 is 30.8. The summed E-state index contributed by atoms with van der Waals surface area (Å²) in [6.07, 6.45) is 18.3. The Balaban J connectivity index is 0.000000119. The summed E-state index contributed by atoms with van der Waals surface area (Å²) in [5, 5.41) is 16.8. The topological polar surface area (TPSA) is 269 Å². The lowest BCUT2D eigenvalue weighted by Gasteiger charge is -2.46. The lowest BCUT2D eigenvalue weighted by atomic mass is 9.80. The first-order valence-corrected chi connectivity index (χ1v) is 43.4. The minimum absolute atomic E-state index is 0.0135. The number of piperidine rings is 4. The van der Waals surface area contributed by atoms with Gasteiger partial charge in [-0.05, 0) is 173 Å². The Kier molecular flexibility index (Phi) is 24.0. The van der Waals surface area contributed by atoms with Crippen molar-refractivity contribution < 1.29 is 54.3 Å². The van der Waals surface area contributed by atoms with E-state index in [1.807, 2.05) is 82.8 Å². The average molecular weight is 1840 g/mol. The predicted octanol–water partition coefficient (Wildman–Crippen LogP) is 18.9. The maximum Gasteiger partial charge on any atom is 0.434 e. The lowest BCUT2D eigenvalue weighted by Crippen LogP contribution is -2.50. The SMILES string of the molecule is Cc1nc(-c2cnn(C)c2)c2c(n1)[C@H]1CCC[C@@H](C2)N1C(=O)c1ccc(F)c(Cl)c1Cl.Cc1nc(-c2cnn(C)c2)c2c(n1)[C@H]1CCC[C@@H](C2)N1C(=O)c1cccc(C(F)(F)F)c1F.Cc1nc(-c2cnn(C)c2)c2c(n1)[C@H]1CCC[C@@H](C2)N1C(=O)c1cccc(Cl)c1Cl.Cc1nc(-c2cnn(C)c2)c2c(n1)[C@H]1CCC[C@@H](C2)N1C(=O)c1ccnc(C(F)(F)F)c1Cl. The number of fused-ring (bicyclic) bond motifs is 16.